The second kappa shape index (κ2) is 10.5. The Morgan fingerprint density at radius 3 is 2.64 bits per heavy atom. The molecule has 2 heterocycles. The largest absolute Gasteiger partial charge is 0.573 e. The molecule has 208 valence electrons. The zero-order chi connectivity index (χ0) is 28.5. The van der Waals surface area contributed by atoms with Gasteiger partial charge in [0.05, 0.1) is 33.8 Å². The highest BCUT2D eigenvalue weighted by Crippen LogP contribution is 2.43. The number of hydrogen-bond acceptors (Lipinski definition) is 10. The summed E-state index contributed by atoms with van der Waals surface area (Å²) in [4.78, 5) is 41.5. The maximum Gasteiger partial charge on any atom is 0.573 e. The molecule has 16 heteroatoms. The van der Waals surface area contributed by atoms with Gasteiger partial charge < -0.3 is 41.2 Å². The number of likely N-dealkylation sites (N-methyl/N-ethyl adjacent to an activating group) is 1. The van der Waals surface area contributed by atoms with Gasteiger partial charge in [-0.2, -0.15) is 0 Å². The minimum Gasteiger partial charge on any atom is -0.478 e. The third kappa shape index (κ3) is 5.91. The molecule has 6 N–H and O–H groups in total. The SMILES string of the molecule is CC(=O)NCCOC(C(N)=O)C1(Nc2nc3ccc(OC(F)(F)F)cc3s2)Nc2cc(C(=O)O)ccc2N1C. The Kier molecular flexibility index (Phi) is 7.43. The van der Waals surface area contributed by atoms with Gasteiger partial charge in [-0.1, -0.05) is 11.3 Å². The van der Waals surface area contributed by atoms with Crippen molar-refractivity contribution in [3.05, 3.63) is 42.0 Å². The molecule has 2 aromatic carbocycles. The van der Waals surface area contributed by atoms with Crippen LogP contribution < -0.4 is 31.3 Å². The summed E-state index contributed by atoms with van der Waals surface area (Å²) >= 11 is 0.978. The van der Waals surface area contributed by atoms with E-state index in [1.807, 2.05) is 0 Å². The van der Waals surface area contributed by atoms with Crippen molar-refractivity contribution < 1.29 is 42.1 Å². The number of thiazole rings is 1. The number of primary amides is 1. The molecule has 2 unspecified atom stereocenters. The summed E-state index contributed by atoms with van der Waals surface area (Å²) in [7, 11) is 1.60. The minimum atomic E-state index is -4.87. The Balaban J connectivity index is 1.73. The van der Waals surface area contributed by atoms with Gasteiger partial charge in [0.1, 0.15) is 5.75 Å². The molecule has 39 heavy (non-hydrogen) atoms. The number of nitrogens with two attached hydrogens (primary N) is 1. The highest BCUT2D eigenvalue weighted by atomic mass is 32.1. The van der Waals surface area contributed by atoms with Crippen LogP contribution in [-0.4, -0.2) is 66.3 Å². The van der Waals surface area contributed by atoms with Gasteiger partial charge in [0.15, 0.2) is 11.2 Å². The number of amides is 2. The average Bonchev–Trinajstić information content (AvgIpc) is 3.34. The molecule has 0 spiro atoms. The lowest BCUT2D eigenvalue weighted by molar-refractivity contribution is -0.274. The Morgan fingerprint density at radius 2 is 2.00 bits per heavy atom. The molecule has 0 bridgehead atoms. The molecule has 2 amide bonds. The predicted molar refractivity (Wildman–Crippen MR) is 136 cm³/mol. The van der Waals surface area contributed by atoms with Crippen molar-refractivity contribution in [2.24, 2.45) is 5.73 Å². The van der Waals surface area contributed by atoms with Crippen LogP contribution in [0.25, 0.3) is 10.2 Å². The number of aromatic carboxylic acids is 1. The molecule has 0 saturated carbocycles. The van der Waals surface area contributed by atoms with Crippen molar-refractivity contribution in [1.82, 2.24) is 10.3 Å². The number of hydrogen-bond donors (Lipinski definition) is 5. The van der Waals surface area contributed by atoms with E-state index in [1.54, 1.807) is 11.9 Å². The van der Waals surface area contributed by atoms with Gasteiger partial charge in [0, 0.05) is 26.6 Å². The predicted octanol–water partition coefficient (Wildman–Crippen LogP) is 2.53. The van der Waals surface area contributed by atoms with Crippen molar-refractivity contribution in [2.45, 2.75) is 25.2 Å². The maximum absolute atomic E-state index is 12.7. The molecule has 2 atom stereocenters. The Hall–Kier alpha value is -4.31. The van der Waals surface area contributed by atoms with Crippen molar-refractivity contribution >= 4 is 55.8 Å². The summed E-state index contributed by atoms with van der Waals surface area (Å²) < 4.78 is 48.2. The van der Waals surface area contributed by atoms with E-state index in [9.17, 15) is 32.7 Å². The van der Waals surface area contributed by atoms with Crippen LogP contribution in [0.4, 0.5) is 29.7 Å². The highest BCUT2D eigenvalue weighted by Gasteiger charge is 2.52. The number of aromatic nitrogens is 1. The number of nitrogens with one attached hydrogen (secondary N) is 3. The highest BCUT2D eigenvalue weighted by molar-refractivity contribution is 7.22. The maximum atomic E-state index is 12.7. The number of benzene rings is 2. The van der Waals surface area contributed by atoms with E-state index in [0.29, 0.717) is 21.6 Å². The molecule has 12 nitrogen and oxygen atoms in total. The third-order valence-corrected chi connectivity index (χ3v) is 6.68. The Bertz CT molecular complexity index is 1430. The summed E-state index contributed by atoms with van der Waals surface area (Å²) in [5.74, 6) is -4.47. The standard InChI is InChI=1S/C23H23F3N6O6S/c1-11(33)28-7-8-37-18(19(27)34)22(30-15-9-12(20(35)36)3-6-16(15)32(22)2)31-21-29-14-5-4-13(10-17(14)39-21)38-23(24,25)26/h3-6,9-10,18,30H,7-8H2,1-2H3,(H2,27,34)(H,28,33)(H,29,31)(H,35,36). The number of halogens is 3. The number of fused-ring (bicyclic) bond motifs is 2. The average molecular weight is 569 g/mol. The number of anilines is 3. The van der Waals surface area contributed by atoms with E-state index < -0.39 is 35.9 Å². The van der Waals surface area contributed by atoms with Crippen molar-refractivity contribution in [3.8, 4) is 5.75 Å². The lowest BCUT2D eigenvalue weighted by Gasteiger charge is -2.42. The third-order valence-electron chi connectivity index (χ3n) is 5.75. The lowest BCUT2D eigenvalue weighted by atomic mass is 10.1. The lowest BCUT2D eigenvalue weighted by Crippen LogP contribution is -2.67. The monoisotopic (exact) mass is 568 g/mol. The number of nitrogens with zero attached hydrogens (tertiary/aromatic N) is 2. The van der Waals surface area contributed by atoms with E-state index >= 15 is 0 Å². The zero-order valence-electron chi connectivity index (χ0n) is 20.5. The number of carbonyl (C=O) groups excluding carboxylic acids is 2. The number of carboxylic acid groups (broad SMARTS) is 1. The first kappa shape index (κ1) is 27.7. The summed E-state index contributed by atoms with van der Waals surface area (Å²) in [5, 5.41) is 18.3. The van der Waals surface area contributed by atoms with Crippen LogP contribution in [0, 0.1) is 0 Å². The Labute approximate surface area is 222 Å². The van der Waals surface area contributed by atoms with Gasteiger partial charge in [0.2, 0.25) is 11.7 Å². The van der Waals surface area contributed by atoms with Crippen LogP contribution in [0.2, 0.25) is 0 Å². The van der Waals surface area contributed by atoms with Crippen LogP contribution in [0.5, 0.6) is 5.75 Å². The quantitative estimate of drug-likeness (QED) is 0.229. The molecule has 0 aliphatic carbocycles. The van der Waals surface area contributed by atoms with E-state index in [1.165, 1.54) is 37.3 Å². The molecular formula is C23H23F3N6O6S. The van der Waals surface area contributed by atoms with Gasteiger partial charge in [0.25, 0.3) is 5.91 Å². The van der Waals surface area contributed by atoms with Crippen LogP contribution in [0.15, 0.2) is 36.4 Å². The number of alkyl halides is 3. The summed E-state index contributed by atoms with van der Waals surface area (Å²) in [6.45, 7) is 1.27. The van der Waals surface area contributed by atoms with Crippen molar-refractivity contribution in [1.29, 1.82) is 0 Å². The number of carboxylic acids is 1. The normalized spacial score (nSPS) is 17.3. The number of ether oxygens (including phenoxy) is 2. The molecule has 0 saturated heterocycles. The molecule has 1 aliphatic heterocycles. The second-order valence-electron chi connectivity index (χ2n) is 8.44. The van der Waals surface area contributed by atoms with Crippen LogP contribution >= 0.6 is 11.3 Å². The Morgan fingerprint density at radius 1 is 1.26 bits per heavy atom. The van der Waals surface area contributed by atoms with Crippen molar-refractivity contribution in [2.75, 3.05) is 35.7 Å². The fourth-order valence-electron chi connectivity index (χ4n) is 4.09. The van der Waals surface area contributed by atoms with E-state index in [-0.39, 0.29) is 29.8 Å². The van der Waals surface area contributed by atoms with Gasteiger partial charge in [-0.3, -0.25) is 9.59 Å². The molecule has 0 fully saturated rings. The van der Waals surface area contributed by atoms with Crippen molar-refractivity contribution in [3.63, 3.8) is 0 Å². The topological polar surface area (TPSA) is 168 Å². The van der Waals surface area contributed by atoms with Crippen LogP contribution in [0.3, 0.4) is 0 Å². The number of carbonyl (C=O) groups is 3. The summed E-state index contributed by atoms with van der Waals surface area (Å²) in [5.41, 5.74) is 6.89. The second-order valence-corrected chi connectivity index (χ2v) is 9.48. The van der Waals surface area contributed by atoms with Crippen LogP contribution in [-0.2, 0) is 14.3 Å². The first-order chi connectivity index (χ1) is 18.3. The van der Waals surface area contributed by atoms with E-state index in [4.69, 9.17) is 10.5 Å². The van der Waals surface area contributed by atoms with Gasteiger partial charge in [-0.25, -0.2) is 9.78 Å². The molecule has 4 rings (SSSR count). The molecule has 1 aliphatic rings. The molecule has 0 radical (unpaired) electrons. The van der Waals surface area contributed by atoms with Gasteiger partial charge in [-0.15, -0.1) is 13.2 Å². The minimum absolute atomic E-state index is 0.0233. The molecular weight excluding hydrogens is 545 g/mol. The smallest absolute Gasteiger partial charge is 0.478 e. The fourth-order valence-corrected chi connectivity index (χ4v) is 5.05. The van der Waals surface area contributed by atoms with Crippen LogP contribution in [0.1, 0.15) is 17.3 Å². The van der Waals surface area contributed by atoms with Gasteiger partial charge >= 0.3 is 12.3 Å². The molecule has 3 aromatic rings. The summed E-state index contributed by atoms with van der Waals surface area (Å²) in [6.07, 6.45) is -6.31. The first-order valence-corrected chi connectivity index (χ1v) is 12.1. The molecule has 1 aromatic heterocycles. The summed E-state index contributed by atoms with van der Waals surface area (Å²) in [6, 6.07) is 7.92. The number of rotatable bonds is 10. The van der Waals surface area contributed by atoms with E-state index in [2.05, 4.69) is 25.7 Å². The fraction of sp³-hybridized carbons (Fsp3) is 0.304. The van der Waals surface area contributed by atoms with E-state index in [0.717, 1.165) is 17.4 Å². The zero-order valence-corrected chi connectivity index (χ0v) is 21.3. The van der Waals surface area contributed by atoms with Gasteiger partial charge in [-0.05, 0) is 30.3 Å². The first-order valence-electron chi connectivity index (χ1n) is 11.3.